The van der Waals surface area contributed by atoms with Crippen LogP contribution in [-0.4, -0.2) is 10.1 Å². The number of rotatable bonds is 5. The first-order chi connectivity index (χ1) is 12.0. The molecule has 0 radical (unpaired) electrons. The average Bonchev–Trinajstić information content (AvgIpc) is 3.09. The number of aliphatic hydroxyl groups is 1. The molecule has 4 nitrogen and oxygen atoms in total. The number of hydrogen-bond donors (Lipinski definition) is 1. The molecule has 0 aliphatic carbocycles. The first-order valence-corrected chi connectivity index (χ1v) is 7.40. The van der Waals surface area contributed by atoms with Gasteiger partial charge in [0.05, 0.1) is 12.2 Å². The summed E-state index contributed by atoms with van der Waals surface area (Å²) in [6.45, 7) is 0.114. The van der Waals surface area contributed by atoms with Crippen molar-refractivity contribution < 1.29 is 27.4 Å². The standard InChI is InChI=1S/C18H14F3NO3/c19-18(20,21)14-5-3-13(4-6-14)17-22-15(11-25-17)10-24-16-7-1-12(9-23)2-8-16/h1-8,11,23H,9-10H2. The second-order valence-corrected chi connectivity index (χ2v) is 5.31. The van der Waals surface area contributed by atoms with Crippen LogP contribution < -0.4 is 4.74 Å². The van der Waals surface area contributed by atoms with Crippen LogP contribution in [0, 0.1) is 0 Å². The maximum absolute atomic E-state index is 12.6. The van der Waals surface area contributed by atoms with Crippen LogP contribution in [0.1, 0.15) is 16.8 Å². The summed E-state index contributed by atoms with van der Waals surface area (Å²) in [4.78, 5) is 4.21. The van der Waals surface area contributed by atoms with Gasteiger partial charge in [-0.1, -0.05) is 12.1 Å². The number of halogens is 3. The molecule has 0 spiro atoms. The van der Waals surface area contributed by atoms with E-state index in [2.05, 4.69) is 4.98 Å². The zero-order chi connectivity index (χ0) is 17.9. The molecule has 0 aliphatic heterocycles. The summed E-state index contributed by atoms with van der Waals surface area (Å²) < 4.78 is 48.5. The molecule has 1 aromatic heterocycles. The lowest BCUT2D eigenvalue weighted by Gasteiger charge is -2.06. The summed E-state index contributed by atoms with van der Waals surface area (Å²) in [6, 6.07) is 11.5. The molecule has 7 heteroatoms. The quantitative estimate of drug-likeness (QED) is 0.740. The van der Waals surface area contributed by atoms with Crippen molar-refractivity contribution in [1.82, 2.24) is 4.98 Å². The molecule has 0 saturated heterocycles. The highest BCUT2D eigenvalue weighted by Crippen LogP contribution is 2.30. The van der Waals surface area contributed by atoms with Crippen LogP contribution in [0.25, 0.3) is 11.5 Å². The largest absolute Gasteiger partial charge is 0.487 e. The van der Waals surface area contributed by atoms with Crippen LogP contribution in [0.4, 0.5) is 13.2 Å². The first-order valence-electron chi connectivity index (χ1n) is 7.40. The summed E-state index contributed by atoms with van der Waals surface area (Å²) in [6.07, 6.45) is -2.98. The van der Waals surface area contributed by atoms with E-state index in [4.69, 9.17) is 14.3 Å². The van der Waals surface area contributed by atoms with Crippen molar-refractivity contribution in [3.63, 3.8) is 0 Å². The first kappa shape index (κ1) is 17.0. The zero-order valence-corrected chi connectivity index (χ0v) is 13.0. The van der Waals surface area contributed by atoms with E-state index in [1.54, 1.807) is 24.3 Å². The number of nitrogens with zero attached hydrogens (tertiary/aromatic N) is 1. The fraction of sp³-hybridized carbons (Fsp3) is 0.167. The van der Waals surface area contributed by atoms with Gasteiger partial charge in [-0.15, -0.1) is 0 Å². The van der Waals surface area contributed by atoms with Gasteiger partial charge in [-0.05, 0) is 42.0 Å². The Morgan fingerprint density at radius 2 is 1.68 bits per heavy atom. The van der Waals surface area contributed by atoms with Crippen molar-refractivity contribution in [2.24, 2.45) is 0 Å². The van der Waals surface area contributed by atoms with Gasteiger partial charge in [-0.25, -0.2) is 4.98 Å². The monoisotopic (exact) mass is 349 g/mol. The zero-order valence-electron chi connectivity index (χ0n) is 13.0. The minimum atomic E-state index is -4.38. The molecule has 0 amide bonds. The van der Waals surface area contributed by atoms with Gasteiger partial charge < -0.3 is 14.3 Å². The van der Waals surface area contributed by atoms with Gasteiger partial charge in [-0.2, -0.15) is 13.2 Å². The maximum atomic E-state index is 12.6. The predicted octanol–water partition coefficient (Wildman–Crippen LogP) is 4.43. The third-order valence-electron chi connectivity index (χ3n) is 3.50. The van der Waals surface area contributed by atoms with Gasteiger partial charge >= 0.3 is 6.18 Å². The minimum absolute atomic E-state index is 0.0416. The van der Waals surface area contributed by atoms with Crippen molar-refractivity contribution in [3.8, 4) is 17.2 Å². The predicted molar refractivity (Wildman–Crippen MR) is 83.6 cm³/mol. The van der Waals surface area contributed by atoms with Crippen LogP contribution in [0.15, 0.2) is 59.2 Å². The molecule has 3 rings (SSSR count). The van der Waals surface area contributed by atoms with E-state index in [0.29, 0.717) is 17.0 Å². The highest BCUT2D eigenvalue weighted by Gasteiger charge is 2.30. The molecule has 0 unspecified atom stereocenters. The Labute approximate surface area is 141 Å². The minimum Gasteiger partial charge on any atom is -0.487 e. The Morgan fingerprint density at radius 1 is 1.00 bits per heavy atom. The van der Waals surface area contributed by atoms with Crippen molar-refractivity contribution >= 4 is 0 Å². The lowest BCUT2D eigenvalue weighted by atomic mass is 10.1. The number of aliphatic hydroxyl groups excluding tert-OH is 1. The fourth-order valence-corrected chi connectivity index (χ4v) is 2.16. The van der Waals surface area contributed by atoms with E-state index in [1.165, 1.54) is 18.4 Å². The average molecular weight is 349 g/mol. The van der Waals surface area contributed by atoms with E-state index < -0.39 is 11.7 Å². The van der Waals surface area contributed by atoms with E-state index in [9.17, 15) is 13.2 Å². The number of oxazole rings is 1. The van der Waals surface area contributed by atoms with Crippen LogP contribution in [0.2, 0.25) is 0 Å². The molecule has 25 heavy (non-hydrogen) atoms. The highest BCUT2D eigenvalue weighted by atomic mass is 19.4. The summed E-state index contributed by atoms with van der Waals surface area (Å²) in [5.41, 5.74) is 1.02. The van der Waals surface area contributed by atoms with Crippen LogP contribution in [0.3, 0.4) is 0 Å². The normalized spacial score (nSPS) is 11.5. The lowest BCUT2D eigenvalue weighted by molar-refractivity contribution is -0.137. The Bertz CT molecular complexity index is 824. The Balaban J connectivity index is 1.65. The Kier molecular flexibility index (Phi) is 4.76. The van der Waals surface area contributed by atoms with Crippen molar-refractivity contribution in [1.29, 1.82) is 0 Å². The molecule has 0 atom stereocenters. The molecular weight excluding hydrogens is 335 g/mol. The molecule has 0 bridgehead atoms. The number of benzene rings is 2. The molecule has 130 valence electrons. The van der Waals surface area contributed by atoms with E-state index >= 15 is 0 Å². The lowest BCUT2D eigenvalue weighted by Crippen LogP contribution is -2.04. The fourth-order valence-electron chi connectivity index (χ4n) is 2.16. The topological polar surface area (TPSA) is 55.5 Å². The molecule has 0 aliphatic rings. The van der Waals surface area contributed by atoms with Gasteiger partial charge in [0.25, 0.3) is 0 Å². The number of aromatic nitrogens is 1. The molecule has 0 saturated carbocycles. The van der Waals surface area contributed by atoms with Gasteiger partial charge in [0.1, 0.15) is 24.3 Å². The second kappa shape index (κ2) is 6.98. The number of ether oxygens (including phenoxy) is 1. The smallest absolute Gasteiger partial charge is 0.416 e. The molecule has 0 fully saturated rings. The van der Waals surface area contributed by atoms with Gasteiger partial charge in [0, 0.05) is 5.56 Å². The van der Waals surface area contributed by atoms with Crippen molar-refractivity contribution in [2.45, 2.75) is 19.4 Å². The van der Waals surface area contributed by atoms with E-state index in [-0.39, 0.29) is 19.1 Å². The highest BCUT2D eigenvalue weighted by molar-refractivity contribution is 5.54. The van der Waals surface area contributed by atoms with Crippen molar-refractivity contribution in [2.75, 3.05) is 0 Å². The molecule has 1 N–H and O–H groups in total. The third-order valence-corrected chi connectivity index (χ3v) is 3.50. The van der Waals surface area contributed by atoms with Crippen LogP contribution >= 0.6 is 0 Å². The van der Waals surface area contributed by atoms with E-state index in [1.807, 2.05) is 0 Å². The van der Waals surface area contributed by atoms with Crippen LogP contribution in [-0.2, 0) is 19.4 Å². The Morgan fingerprint density at radius 3 is 2.28 bits per heavy atom. The molecule has 3 aromatic rings. The van der Waals surface area contributed by atoms with Gasteiger partial charge in [-0.3, -0.25) is 0 Å². The third kappa shape index (κ3) is 4.19. The molecule has 1 heterocycles. The van der Waals surface area contributed by atoms with Gasteiger partial charge in [0.15, 0.2) is 0 Å². The number of hydrogen-bond acceptors (Lipinski definition) is 4. The Hall–Kier alpha value is -2.80. The summed E-state index contributed by atoms with van der Waals surface area (Å²) in [5.74, 6) is 0.833. The van der Waals surface area contributed by atoms with E-state index in [0.717, 1.165) is 17.7 Å². The molecular formula is C18H14F3NO3. The summed E-state index contributed by atoms with van der Waals surface area (Å²) >= 11 is 0. The SMILES string of the molecule is OCc1ccc(OCc2coc(-c3ccc(C(F)(F)F)cc3)n2)cc1. The number of alkyl halides is 3. The van der Waals surface area contributed by atoms with Crippen LogP contribution in [0.5, 0.6) is 5.75 Å². The van der Waals surface area contributed by atoms with Crippen molar-refractivity contribution in [3.05, 3.63) is 71.6 Å². The summed E-state index contributed by atoms with van der Waals surface area (Å²) in [7, 11) is 0. The maximum Gasteiger partial charge on any atom is 0.416 e. The molecule has 2 aromatic carbocycles. The summed E-state index contributed by atoms with van der Waals surface area (Å²) in [5, 5.41) is 8.98. The van der Waals surface area contributed by atoms with Gasteiger partial charge in [0.2, 0.25) is 5.89 Å². The second-order valence-electron chi connectivity index (χ2n) is 5.31.